The second-order valence-electron chi connectivity index (χ2n) is 7.91. The molecule has 0 spiro atoms. The Labute approximate surface area is 192 Å². The van der Waals surface area contributed by atoms with Crippen LogP contribution in [-0.4, -0.2) is 24.2 Å². The molecule has 0 atom stereocenters. The summed E-state index contributed by atoms with van der Waals surface area (Å²) in [5.74, 6) is 1.21. The molecule has 0 aliphatic heterocycles. The lowest BCUT2D eigenvalue weighted by Crippen LogP contribution is -2.28. The van der Waals surface area contributed by atoms with Crippen molar-refractivity contribution in [2.45, 2.75) is 32.9 Å². The van der Waals surface area contributed by atoms with E-state index in [2.05, 4.69) is 12.2 Å². The van der Waals surface area contributed by atoms with Gasteiger partial charge in [-0.3, -0.25) is 9.59 Å². The maximum absolute atomic E-state index is 12.9. The van der Waals surface area contributed by atoms with Crippen LogP contribution in [0.25, 0.3) is 21.8 Å². The number of unbranched alkanes of at least 4 members (excludes halogenated alkanes) is 1. The summed E-state index contributed by atoms with van der Waals surface area (Å²) in [5.41, 5.74) is 2.38. The highest BCUT2D eigenvalue weighted by atomic mass is 16.5. The van der Waals surface area contributed by atoms with E-state index in [0.717, 1.165) is 29.4 Å². The first-order chi connectivity index (χ1) is 16.1. The van der Waals surface area contributed by atoms with Crippen LogP contribution in [0.4, 0.5) is 0 Å². The minimum absolute atomic E-state index is 0.0220. The number of para-hydroxylation sites is 2. The molecule has 0 saturated heterocycles. The summed E-state index contributed by atoms with van der Waals surface area (Å²) in [4.78, 5) is 25.8. The molecule has 4 aromatic rings. The first kappa shape index (κ1) is 22.4. The van der Waals surface area contributed by atoms with Gasteiger partial charge < -0.3 is 19.4 Å². The summed E-state index contributed by atoms with van der Waals surface area (Å²) in [7, 11) is 1.61. The number of amides is 1. The molecule has 1 amide bonds. The van der Waals surface area contributed by atoms with Crippen LogP contribution in [0.3, 0.4) is 0 Å². The van der Waals surface area contributed by atoms with Crippen LogP contribution in [0, 0.1) is 0 Å². The van der Waals surface area contributed by atoms with Gasteiger partial charge in [-0.15, -0.1) is 0 Å². The van der Waals surface area contributed by atoms with Gasteiger partial charge in [-0.2, -0.15) is 0 Å². The van der Waals surface area contributed by atoms with Crippen LogP contribution in [0.2, 0.25) is 0 Å². The topological polar surface area (TPSA) is 69.6 Å². The van der Waals surface area contributed by atoms with Crippen LogP contribution in [0.1, 0.15) is 25.3 Å². The average molecular weight is 445 g/mol. The predicted molar refractivity (Wildman–Crippen MR) is 131 cm³/mol. The Morgan fingerprint density at radius 3 is 2.24 bits per heavy atom. The van der Waals surface area contributed by atoms with E-state index in [1.807, 2.05) is 59.2 Å². The van der Waals surface area contributed by atoms with Gasteiger partial charge in [-0.05, 0) is 48.4 Å². The molecule has 0 aliphatic carbocycles. The molecule has 1 aromatic heterocycles. The number of nitrogens with one attached hydrogen (secondary N) is 1. The van der Waals surface area contributed by atoms with Crippen molar-refractivity contribution in [3.05, 3.63) is 82.5 Å². The van der Waals surface area contributed by atoms with Crippen molar-refractivity contribution in [2.24, 2.45) is 0 Å². The number of hydrogen-bond acceptors (Lipinski definition) is 4. The Balaban J connectivity index is 1.53. The van der Waals surface area contributed by atoms with E-state index in [1.165, 1.54) is 0 Å². The molecule has 0 bridgehead atoms. The Morgan fingerprint density at radius 2 is 1.61 bits per heavy atom. The molecule has 0 fully saturated rings. The summed E-state index contributed by atoms with van der Waals surface area (Å²) >= 11 is 0. The van der Waals surface area contributed by atoms with E-state index in [1.54, 1.807) is 19.2 Å². The number of ether oxygens (including phenoxy) is 2. The van der Waals surface area contributed by atoms with Gasteiger partial charge in [0.15, 0.2) is 16.9 Å². The molecule has 0 saturated carbocycles. The van der Waals surface area contributed by atoms with Gasteiger partial charge in [0, 0.05) is 17.3 Å². The number of hydrogen-bond donors (Lipinski definition) is 1. The number of fused-ring (bicyclic) bond motifs is 2. The number of aromatic nitrogens is 1. The molecular formula is C27H28N2O4. The highest BCUT2D eigenvalue weighted by Gasteiger charge is 2.13. The second kappa shape index (κ2) is 10.2. The Morgan fingerprint density at radius 1 is 0.939 bits per heavy atom. The molecule has 0 aliphatic rings. The Bertz CT molecular complexity index is 1280. The fraction of sp³-hybridized carbons (Fsp3) is 0.259. The monoisotopic (exact) mass is 444 g/mol. The van der Waals surface area contributed by atoms with E-state index >= 15 is 0 Å². The van der Waals surface area contributed by atoms with Crippen LogP contribution >= 0.6 is 0 Å². The summed E-state index contributed by atoms with van der Waals surface area (Å²) < 4.78 is 13.1. The van der Waals surface area contributed by atoms with E-state index < -0.39 is 0 Å². The standard InChI is InChI=1S/C27H28N2O4/c1-3-4-15-33-24-14-13-19(16-25(24)32-2)17-28-26(30)18-29-22-11-7-5-9-20(22)27(31)21-10-6-8-12-23(21)29/h5-14,16H,3-4,15,17-18H2,1-2H3,(H,28,30). The van der Waals surface area contributed by atoms with Gasteiger partial charge in [0.05, 0.1) is 24.8 Å². The lowest BCUT2D eigenvalue weighted by Gasteiger charge is -2.15. The number of nitrogens with zero attached hydrogens (tertiary/aromatic N) is 1. The third-order valence-electron chi connectivity index (χ3n) is 5.65. The van der Waals surface area contributed by atoms with Gasteiger partial charge >= 0.3 is 0 Å². The summed E-state index contributed by atoms with van der Waals surface area (Å²) in [5, 5.41) is 4.19. The Hall–Kier alpha value is -3.80. The first-order valence-corrected chi connectivity index (χ1v) is 11.2. The molecule has 1 N–H and O–H groups in total. The van der Waals surface area contributed by atoms with Crippen molar-refractivity contribution in [1.82, 2.24) is 9.88 Å². The van der Waals surface area contributed by atoms with E-state index in [0.29, 0.717) is 35.4 Å². The van der Waals surface area contributed by atoms with Crippen LogP contribution in [0.15, 0.2) is 71.5 Å². The zero-order chi connectivity index (χ0) is 23.2. The van der Waals surface area contributed by atoms with E-state index in [-0.39, 0.29) is 17.9 Å². The van der Waals surface area contributed by atoms with Crippen molar-refractivity contribution in [2.75, 3.05) is 13.7 Å². The van der Waals surface area contributed by atoms with Crippen molar-refractivity contribution >= 4 is 27.7 Å². The summed E-state index contributed by atoms with van der Waals surface area (Å²) in [6, 6.07) is 20.5. The van der Waals surface area contributed by atoms with Crippen molar-refractivity contribution in [1.29, 1.82) is 0 Å². The molecule has 33 heavy (non-hydrogen) atoms. The maximum atomic E-state index is 12.9. The third-order valence-corrected chi connectivity index (χ3v) is 5.65. The Kier molecular flexibility index (Phi) is 6.93. The number of carbonyl (C=O) groups is 1. The minimum atomic E-state index is -0.142. The zero-order valence-corrected chi connectivity index (χ0v) is 19.0. The number of pyridine rings is 1. The van der Waals surface area contributed by atoms with Gasteiger partial charge in [0.2, 0.25) is 5.91 Å². The highest BCUT2D eigenvalue weighted by molar-refractivity contribution is 5.94. The molecular weight excluding hydrogens is 416 g/mol. The van der Waals surface area contributed by atoms with E-state index in [4.69, 9.17) is 9.47 Å². The third kappa shape index (κ3) is 4.85. The van der Waals surface area contributed by atoms with Gasteiger partial charge in [0.1, 0.15) is 6.54 Å². The zero-order valence-electron chi connectivity index (χ0n) is 19.0. The smallest absolute Gasteiger partial charge is 0.240 e. The lowest BCUT2D eigenvalue weighted by atomic mass is 10.1. The normalized spacial score (nSPS) is 11.0. The maximum Gasteiger partial charge on any atom is 0.240 e. The van der Waals surface area contributed by atoms with Gasteiger partial charge in [-0.25, -0.2) is 0 Å². The van der Waals surface area contributed by atoms with Gasteiger partial charge in [-0.1, -0.05) is 43.7 Å². The quantitative estimate of drug-likeness (QED) is 0.301. The molecule has 6 nitrogen and oxygen atoms in total. The second-order valence-corrected chi connectivity index (χ2v) is 7.91. The molecule has 1 heterocycles. The number of carbonyl (C=O) groups excluding carboxylic acids is 1. The summed E-state index contributed by atoms with van der Waals surface area (Å²) in [6.07, 6.45) is 2.04. The molecule has 170 valence electrons. The molecule has 3 aromatic carbocycles. The SMILES string of the molecule is CCCCOc1ccc(CNC(=O)Cn2c3ccccc3c(=O)c3ccccc32)cc1OC. The molecule has 0 radical (unpaired) electrons. The van der Waals surface area contributed by atoms with Crippen molar-refractivity contribution in [3.8, 4) is 11.5 Å². The fourth-order valence-corrected chi connectivity index (χ4v) is 3.92. The number of benzene rings is 3. The minimum Gasteiger partial charge on any atom is -0.493 e. The number of methoxy groups -OCH3 is 1. The molecule has 0 unspecified atom stereocenters. The van der Waals surface area contributed by atoms with Crippen LogP contribution in [-0.2, 0) is 17.9 Å². The van der Waals surface area contributed by atoms with E-state index in [9.17, 15) is 9.59 Å². The van der Waals surface area contributed by atoms with Gasteiger partial charge in [0.25, 0.3) is 0 Å². The first-order valence-electron chi connectivity index (χ1n) is 11.2. The molecule has 4 rings (SSSR count). The fourth-order valence-electron chi connectivity index (χ4n) is 3.92. The average Bonchev–Trinajstić information content (AvgIpc) is 2.86. The van der Waals surface area contributed by atoms with Crippen molar-refractivity contribution < 1.29 is 14.3 Å². The lowest BCUT2D eigenvalue weighted by molar-refractivity contribution is -0.121. The highest BCUT2D eigenvalue weighted by Crippen LogP contribution is 2.28. The van der Waals surface area contributed by atoms with Crippen LogP contribution in [0.5, 0.6) is 11.5 Å². The van der Waals surface area contributed by atoms with Crippen LogP contribution < -0.4 is 20.2 Å². The van der Waals surface area contributed by atoms with Crippen molar-refractivity contribution in [3.63, 3.8) is 0 Å². The summed E-state index contributed by atoms with van der Waals surface area (Å²) in [6.45, 7) is 3.23. The molecule has 6 heteroatoms. The number of rotatable bonds is 9. The largest absolute Gasteiger partial charge is 0.493 e. The predicted octanol–water partition coefficient (Wildman–Crippen LogP) is 4.66.